The SMILES string of the molecule is Cc1nnc(SCc2cnn(C)c2)n1CCN. The predicted octanol–water partition coefficient (Wildman–Crippen LogP) is 0.571. The summed E-state index contributed by atoms with van der Waals surface area (Å²) in [5, 5.41) is 13.3. The van der Waals surface area contributed by atoms with Crippen LogP contribution in [-0.4, -0.2) is 31.1 Å². The molecule has 0 saturated carbocycles. The Balaban J connectivity index is 2.03. The quantitative estimate of drug-likeness (QED) is 0.787. The standard InChI is InChI=1S/C10H16N6S/c1-8-13-14-10(16(8)4-3-11)17-7-9-5-12-15(2)6-9/h5-6H,3-4,7,11H2,1-2H3. The molecule has 0 fully saturated rings. The number of rotatable bonds is 5. The van der Waals surface area contributed by atoms with E-state index in [1.54, 1.807) is 16.4 Å². The van der Waals surface area contributed by atoms with Crippen LogP contribution < -0.4 is 5.73 Å². The summed E-state index contributed by atoms with van der Waals surface area (Å²) >= 11 is 1.65. The first-order valence-corrected chi connectivity index (χ1v) is 6.39. The largest absolute Gasteiger partial charge is 0.329 e. The van der Waals surface area contributed by atoms with E-state index < -0.39 is 0 Å². The van der Waals surface area contributed by atoms with Crippen molar-refractivity contribution in [3.05, 3.63) is 23.8 Å². The van der Waals surface area contributed by atoms with Gasteiger partial charge >= 0.3 is 0 Å². The van der Waals surface area contributed by atoms with Gasteiger partial charge in [0.1, 0.15) is 5.82 Å². The van der Waals surface area contributed by atoms with Gasteiger partial charge < -0.3 is 10.3 Å². The van der Waals surface area contributed by atoms with Gasteiger partial charge in [-0.1, -0.05) is 11.8 Å². The van der Waals surface area contributed by atoms with E-state index in [1.807, 2.05) is 30.9 Å². The van der Waals surface area contributed by atoms with Gasteiger partial charge in [-0.3, -0.25) is 4.68 Å². The lowest BCUT2D eigenvalue weighted by Gasteiger charge is -2.05. The minimum absolute atomic E-state index is 0.597. The molecule has 0 aliphatic rings. The van der Waals surface area contributed by atoms with E-state index in [1.165, 1.54) is 5.56 Å². The summed E-state index contributed by atoms with van der Waals surface area (Å²) in [4.78, 5) is 0. The second-order valence-electron chi connectivity index (χ2n) is 3.78. The maximum absolute atomic E-state index is 5.57. The second kappa shape index (κ2) is 5.33. The van der Waals surface area contributed by atoms with E-state index in [2.05, 4.69) is 15.3 Å². The van der Waals surface area contributed by atoms with E-state index in [4.69, 9.17) is 5.73 Å². The predicted molar refractivity (Wildman–Crippen MR) is 66.6 cm³/mol. The molecule has 0 bridgehead atoms. The molecule has 17 heavy (non-hydrogen) atoms. The van der Waals surface area contributed by atoms with E-state index in [9.17, 15) is 0 Å². The number of aryl methyl sites for hydroxylation is 2. The average Bonchev–Trinajstić information content (AvgIpc) is 2.86. The first-order valence-electron chi connectivity index (χ1n) is 5.41. The van der Waals surface area contributed by atoms with Gasteiger partial charge in [-0.25, -0.2) is 0 Å². The van der Waals surface area contributed by atoms with Crippen molar-refractivity contribution >= 4 is 11.8 Å². The van der Waals surface area contributed by atoms with Crippen LogP contribution in [0.2, 0.25) is 0 Å². The third kappa shape index (κ3) is 2.86. The molecule has 2 rings (SSSR count). The minimum Gasteiger partial charge on any atom is -0.329 e. The Morgan fingerprint density at radius 3 is 2.88 bits per heavy atom. The fourth-order valence-electron chi connectivity index (χ4n) is 1.55. The summed E-state index contributed by atoms with van der Waals surface area (Å²) in [6.45, 7) is 3.30. The highest BCUT2D eigenvalue weighted by Crippen LogP contribution is 2.21. The van der Waals surface area contributed by atoms with Crippen molar-refractivity contribution in [2.45, 2.75) is 24.4 Å². The van der Waals surface area contributed by atoms with E-state index in [0.29, 0.717) is 6.54 Å². The minimum atomic E-state index is 0.597. The van der Waals surface area contributed by atoms with Crippen LogP contribution in [0.1, 0.15) is 11.4 Å². The Kier molecular flexibility index (Phi) is 3.80. The normalized spacial score (nSPS) is 11.0. The Morgan fingerprint density at radius 1 is 1.41 bits per heavy atom. The molecule has 92 valence electrons. The van der Waals surface area contributed by atoms with Crippen LogP contribution in [0.5, 0.6) is 0 Å². The zero-order chi connectivity index (χ0) is 12.3. The third-order valence-electron chi connectivity index (χ3n) is 2.38. The molecule has 0 amide bonds. The van der Waals surface area contributed by atoms with Gasteiger partial charge in [0.05, 0.1) is 6.20 Å². The fraction of sp³-hybridized carbons (Fsp3) is 0.500. The summed E-state index contributed by atoms with van der Waals surface area (Å²) in [5.74, 6) is 1.75. The van der Waals surface area contributed by atoms with Crippen LogP contribution >= 0.6 is 11.8 Å². The van der Waals surface area contributed by atoms with Crippen molar-refractivity contribution in [3.63, 3.8) is 0 Å². The van der Waals surface area contributed by atoms with Crippen LogP contribution in [-0.2, 0) is 19.3 Å². The van der Waals surface area contributed by atoms with Crippen molar-refractivity contribution in [2.24, 2.45) is 12.8 Å². The zero-order valence-corrected chi connectivity index (χ0v) is 10.8. The molecule has 0 atom stereocenters. The molecule has 2 aromatic heterocycles. The molecular formula is C10H16N6S. The van der Waals surface area contributed by atoms with E-state index >= 15 is 0 Å². The van der Waals surface area contributed by atoms with Crippen LogP contribution in [0.3, 0.4) is 0 Å². The zero-order valence-electron chi connectivity index (χ0n) is 10.00. The molecule has 0 aliphatic carbocycles. The van der Waals surface area contributed by atoms with Crippen molar-refractivity contribution in [1.29, 1.82) is 0 Å². The smallest absolute Gasteiger partial charge is 0.191 e. The molecule has 2 N–H and O–H groups in total. The monoisotopic (exact) mass is 252 g/mol. The van der Waals surface area contributed by atoms with Gasteiger partial charge in [-0.2, -0.15) is 5.10 Å². The first kappa shape index (κ1) is 12.1. The number of nitrogens with zero attached hydrogens (tertiary/aromatic N) is 5. The number of thioether (sulfide) groups is 1. The number of nitrogens with two attached hydrogens (primary N) is 1. The highest BCUT2D eigenvalue weighted by Gasteiger charge is 2.09. The molecule has 0 saturated heterocycles. The Hall–Kier alpha value is -1.34. The molecular weight excluding hydrogens is 236 g/mol. The van der Waals surface area contributed by atoms with Gasteiger partial charge in [-0.05, 0) is 6.92 Å². The lowest BCUT2D eigenvalue weighted by atomic mass is 10.4. The van der Waals surface area contributed by atoms with Crippen molar-refractivity contribution in [2.75, 3.05) is 6.54 Å². The molecule has 0 spiro atoms. The number of hydrogen-bond acceptors (Lipinski definition) is 5. The summed E-state index contributed by atoms with van der Waals surface area (Å²) < 4.78 is 3.84. The Bertz CT molecular complexity index is 489. The highest BCUT2D eigenvalue weighted by atomic mass is 32.2. The summed E-state index contributed by atoms with van der Waals surface area (Å²) in [6, 6.07) is 0. The molecule has 0 radical (unpaired) electrons. The van der Waals surface area contributed by atoms with Gasteiger partial charge in [0.2, 0.25) is 0 Å². The molecule has 6 nitrogen and oxygen atoms in total. The summed E-state index contributed by atoms with van der Waals surface area (Å²) in [6.07, 6.45) is 3.87. The van der Waals surface area contributed by atoms with Gasteiger partial charge in [0.25, 0.3) is 0 Å². The number of aromatic nitrogens is 5. The lowest BCUT2D eigenvalue weighted by molar-refractivity contribution is 0.627. The molecule has 2 heterocycles. The molecule has 0 aliphatic heterocycles. The van der Waals surface area contributed by atoms with Crippen molar-refractivity contribution in [3.8, 4) is 0 Å². The van der Waals surface area contributed by atoms with Crippen molar-refractivity contribution < 1.29 is 0 Å². The molecule has 0 unspecified atom stereocenters. The summed E-state index contributed by atoms with van der Waals surface area (Å²) in [5.41, 5.74) is 6.75. The first-order chi connectivity index (χ1) is 8.20. The molecule has 7 heteroatoms. The van der Waals surface area contributed by atoms with Gasteiger partial charge in [-0.15, -0.1) is 10.2 Å². The van der Waals surface area contributed by atoms with Crippen LogP contribution in [0.4, 0.5) is 0 Å². The fourth-order valence-corrected chi connectivity index (χ4v) is 2.47. The van der Waals surface area contributed by atoms with Crippen LogP contribution in [0.25, 0.3) is 0 Å². The maximum Gasteiger partial charge on any atom is 0.191 e. The lowest BCUT2D eigenvalue weighted by Crippen LogP contribution is -2.12. The Labute approximate surface area is 104 Å². The van der Waals surface area contributed by atoms with E-state index in [-0.39, 0.29) is 0 Å². The third-order valence-corrected chi connectivity index (χ3v) is 3.42. The maximum atomic E-state index is 5.57. The van der Waals surface area contributed by atoms with Crippen LogP contribution in [0.15, 0.2) is 17.6 Å². The number of hydrogen-bond donors (Lipinski definition) is 1. The summed E-state index contributed by atoms with van der Waals surface area (Å²) in [7, 11) is 1.91. The Morgan fingerprint density at radius 2 is 2.24 bits per heavy atom. The highest BCUT2D eigenvalue weighted by molar-refractivity contribution is 7.98. The molecule has 0 aromatic carbocycles. The van der Waals surface area contributed by atoms with E-state index in [0.717, 1.165) is 23.3 Å². The second-order valence-corrected chi connectivity index (χ2v) is 4.72. The molecule has 2 aromatic rings. The average molecular weight is 252 g/mol. The van der Waals surface area contributed by atoms with Crippen LogP contribution in [0, 0.1) is 6.92 Å². The van der Waals surface area contributed by atoms with Crippen molar-refractivity contribution in [1.82, 2.24) is 24.5 Å². The van der Waals surface area contributed by atoms with Gasteiger partial charge in [0.15, 0.2) is 5.16 Å². The van der Waals surface area contributed by atoms with Gasteiger partial charge in [0, 0.05) is 37.7 Å². The topological polar surface area (TPSA) is 74.5 Å².